The molecule has 1 aliphatic rings. The van der Waals surface area contributed by atoms with Gasteiger partial charge >= 0.3 is 0 Å². The van der Waals surface area contributed by atoms with Crippen LogP contribution in [0.5, 0.6) is 0 Å². The molecular formula is C16H22N2O2S. The lowest BCUT2D eigenvalue weighted by molar-refractivity contribution is 0.290. The molecule has 1 N–H and O–H groups in total. The molecule has 114 valence electrons. The van der Waals surface area contributed by atoms with Crippen molar-refractivity contribution in [3.63, 3.8) is 0 Å². The predicted octanol–water partition coefficient (Wildman–Crippen LogP) is 2.86. The molecule has 2 rings (SSSR count). The van der Waals surface area contributed by atoms with Crippen LogP contribution >= 0.6 is 0 Å². The maximum atomic E-state index is 12.2. The quantitative estimate of drug-likeness (QED) is 0.909. The van der Waals surface area contributed by atoms with Crippen LogP contribution in [0.15, 0.2) is 29.2 Å². The zero-order valence-electron chi connectivity index (χ0n) is 12.4. The molecule has 0 radical (unpaired) electrons. The molecule has 1 aromatic rings. The van der Waals surface area contributed by atoms with Crippen molar-refractivity contribution >= 4 is 10.0 Å². The van der Waals surface area contributed by atoms with Gasteiger partial charge in [-0.25, -0.2) is 13.1 Å². The van der Waals surface area contributed by atoms with Crippen LogP contribution in [0.2, 0.25) is 0 Å². The Labute approximate surface area is 127 Å². The first kappa shape index (κ1) is 16.0. The highest BCUT2D eigenvalue weighted by atomic mass is 32.2. The normalized spacial score (nSPS) is 22.7. The summed E-state index contributed by atoms with van der Waals surface area (Å²) in [5.74, 6) is 1.22. The number of nitriles is 1. The Hall–Kier alpha value is -1.38. The summed E-state index contributed by atoms with van der Waals surface area (Å²) >= 11 is 0. The standard InChI is InChI=1S/C16H22N2O2S/c1-13-2-4-15(5-3-13)12-18-21(19,20)16-8-6-14(7-9-16)10-11-17/h6-9,13,15,18H,2-5,10,12H2,1H3. The van der Waals surface area contributed by atoms with Gasteiger partial charge in [-0.3, -0.25) is 0 Å². The van der Waals surface area contributed by atoms with Crippen molar-refractivity contribution in [3.8, 4) is 6.07 Å². The smallest absolute Gasteiger partial charge is 0.211 e. The highest BCUT2D eigenvalue weighted by Gasteiger charge is 2.21. The lowest BCUT2D eigenvalue weighted by Gasteiger charge is -2.26. The Balaban J connectivity index is 1.93. The zero-order chi connectivity index (χ0) is 15.3. The summed E-state index contributed by atoms with van der Waals surface area (Å²) in [6.07, 6.45) is 4.88. The molecule has 0 unspecified atom stereocenters. The highest BCUT2D eigenvalue weighted by molar-refractivity contribution is 7.89. The molecule has 0 heterocycles. The van der Waals surface area contributed by atoms with Crippen LogP contribution in [0.3, 0.4) is 0 Å². The van der Waals surface area contributed by atoms with E-state index in [4.69, 9.17) is 5.26 Å². The van der Waals surface area contributed by atoms with E-state index in [0.29, 0.717) is 18.9 Å². The molecule has 0 bridgehead atoms. The lowest BCUT2D eigenvalue weighted by Crippen LogP contribution is -2.31. The Morgan fingerprint density at radius 3 is 2.38 bits per heavy atom. The topological polar surface area (TPSA) is 70.0 Å². The van der Waals surface area contributed by atoms with Crippen LogP contribution in [0.4, 0.5) is 0 Å². The third-order valence-electron chi connectivity index (χ3n) is 4.21. The highest BCUT2D eigenvalue weighted by Crippen LogP contribution is 2.28. The summed E-state index contributed by atoms with van der Waals surface area (Å²) in [7, 11) is -3.44. The maximum absolute atomic E-state index is 12.2. The third-order valence-corrected chi connectivity index (χ3v) is 5.65. The van der Waals surface area contributed by atoms with Gasteiger partial charge in [0, 0.05) is 6.54 Å². The van der Waals surface area contributed by atoms with Crippen LogP contribution in [0, 0.1) is 23.2 Å². The van der Waals surface area contributed by atoms with E-state index in [1.807, 2.05) is 6.07 Å². The number of nitrogens with one attached hydrogen (secondary N) is 1. The minimum absolute atomic E-state index is 0.272. The fourth-order valence-electron chi connectivity index (χ4n) is 2.72. The first-order valence-electron chi connectivity index (χ1n) is 7.47. The minimum atomic E-state index is -3.44. The van der Waals surface area contributed by atoms with Crippen LogP contribution in [-0.2, 0) is 16.4 Å². The van der Waals surface area contributed by atoms with Crippen molar-refractivity contribution in [1.82, 2.24) is 4.72 Å². The van der Waals surface area contributed by atoms with Crippen molar-refractivity contribution < 1.29 is 8.42 Å². The Kier molecular flexibility index (Phi) is 5.38. The molecule has 21 heavy (non-hydrogen) atoms. The number of benzene rings is 1. The molecule has 0 aliphatic heterocycles. The van der Waals surface area contributed by atoms with Crippen molar-refractivity contribution in [2.24, 2.45) is 11.8 Å². The van der Waals surface area contributed by atoms with E-state index in [2.05, 4.69) is 11.6 Å². The molecule has 0 aromatic heterocycles. The van der Waals surface area contributed by atoms with Crippen molar-refractivity contribution in [2.75, 3.05) is 6.54 Å². The monoisotopic (exact) mass is 306 g/mol. The molecule has 1 saturated carbocycles. The van der Waals surface area contributed by atoms with Gasteiger partial charge in [0.1, 0.15) is 0 Å². The number of hydrogen-bond acceptors (Lipinski definition) is 3. The van der Waals surface area contributed by atoms with Gasteiger partial charge in [0.05, 0.1) is 17.4 Å². The molecule has 0 amide bonds. The average Bonchev–Trinajstić information content (AvgIpc) is 2.48. The first-order chi connectivity index (χ1) is 10.0. The van der Waals surface area contributed by atoms with Gasteiger partial charge in [-0.2, -0.15) is 5.26 Å². The van der Waals surface area contributed by atoms with E-state index in [0.717, 1.165) is 24.3 Å². The Morgan fingerprint density at radius 2 is 1.81 bits per heavy atom. The summed E-state index contributed by atoms with van der Waals surface area (Å²) in [5, 5.41) is 8.62. The molecule has 1 fully saturated rings. The molecule has 5 heteroatoms. The van der Waals surface area contributed by atoms with E-state index >= 15 is 0 Å². The molecule has 0 spiro atoms. The van der Waals surface area contributed by atoms with Gasteiger partial charge in [-0.15, -0.1) is 0 Å². The molecule has 4 nitrogen and oxygen atoms in total. The fraction of sp³-hybridized carbons (Fsp3) is 0.562. The fourth-order valence-corrected chi connectivity index (χ4v) is 3.84. The second kappa shape index (κ2) is 7.06. The van der Waals surface area contributed by atoms with Gasteiger partial charge in [-0.05, 0) is 42.4 Å². The van der Waals surface area contributed by atoms with Gasteiger partial charge < -0.3 is 0 Å². The largest absolute Gasteiger partial charge is 0.240 e. The second-order valence-corrected chi connectivity index (χ2v) is 7.72. The van der Waals surface area contributed by atoms with Gasteiger partial charge in [0.25, 0.3) is 0 Å². The maximum Gasteiger partial charge on any atom is 0.240 e. The van der Waals surface area contributed by atoms with E-state index in [1.165, 1.54) is 12.8 Å². The third kappa shape index (κ3) is 4.55. The molecule has 0 saturated heterocycles. The zero-order valence-corrected chi connectivity index (χ0v) is 13.2. The number of rotatable bonds is 5. The summed E-state index contributed by atoms with van der Waals surface area (Å²) in [6.45, 7) is 2.78. The Bertz CT molecular complexity index is 594. The van der Waals surface area contributed by atoms with Crippen LogP contribution in [-0.4, -0.2) is 15.0 Å². The van der Waals surface area contributed by atoms with Gasteiger partial charge in [-0.1, -0.05) is 31.9 Å². The number of hydrogen-bond donors (Lipinski definition) is 1. The van der Waals surface area contributed by atoms with E-state index in [-0.39, 0.29) is 4.90 Å². The number of sulfonamides is 1. The minimum Gasteiger partial charge on any atom is -0.211 e. The van der Waals surface area contributed by atoms with Crippen LogP contribution in [0.1, 0.15) is 38.2 Å². The van der Waals surface area contributed by atoms with Crippen LogP contribution < -0.4 is 4.72 Å². The molecule has 0 atom stereocenters. The SMILES string of the molecule is CC1CCC(CNS(=O)(=O)c2ccc(CC#N)cc2)CC1. The van der Waals surface area contributed by atoms with Crippen molar-refractivity contribution in [3.05, 3.63) is 29.8 Å². The summed E-state index contributed by atoms with van der Waals surface area (Å²) in [5.41, 5.74) is 0.831. The molecular weight excluding hydrogens is 284 g/mol. The molecule has 1 aromatic carbocycles. The van der Waals surface area contributed by atoms with E-state index in [1.54, 1.807) is 24.3 Å². The van der Waals surface area contributed by atoms with Crippen molar-refractivity contribution in [1.29, 1.82) is 5.26 Å². The Morgan fingerprint density at radius 1 is 1.19 bits per heavy atom. The van der Waals surface area contributed by atoms with Gasteiger partial charge in [0.2, 0.25) is 10.0 Å². The summed E-state index contributed by atoms with van der Waals surface area (Å²) in [4.78, 5) is 0.272. The first-order valence-corrected chi connectivity index (χ1v) is 8.95. The van der Waals surface area contributed by atoms with E-state index < -0.39 is 10.0 Å². The van der Waals surface area contributed by atoms with E-state index in [9.17, 15) is 8.42 Å². The average molecular weight is 306 g/mol. The number of nitrogens with zero attached hydrogens (tertiary/aromatic N) is 1. The predicted molar refractivity (Wildman–Crippen MR) is 82.1 cm³/mol. The summed E-state index contributed by atoms with van der Waals surface area (Å²) in [6, 6.07) is 8.57. The van der Waals surface area contributed by atoms with Crippen LogP contribution in [0.25, 0.3) is 0 Å². The second-order valence-electron chi connectivity index (χ2n) is 5.96. The summed E-state index contributed by atoms with van der Waals surface area (Å²) < 4.78 is 27.2. The lowest BCUT2D eigenvalue weighted by atomic mass is 9.83. The van der Waals surface area contributed by atoms with Gasteiger partial charge in [0.15, 0.2) is 0 Å². The molecule has 1 aliphatic carbocycles. The van der Waals surface area contributed by atoms with Crippen molar-refractivity contribution in [2.45, 2.75) is 43.9 Å².